The van der Waals surface area contributed by atoms with Crippen LogP contribution in [0, 0.1) is 0 Å². The molecule has 29 heavy (non-hydrogen) atoms. The highest BCUT2D eigenvalue weighted by molar-refractivity contribution is 6.10. The van der Waals surface area contributed by atoms with Crippen LogP contribution in [0.15, 0.2) is 77.3 Å². The number of aromatic nitrogens is 1. The summed E-state index contributed by atoms with van der Waals surface area (Å²) in [5.41, 5.74) is 2.66. The molecule has 6 nitrogen and oxygen atoms in total. The molecule has 1 amide bonds. The molecule has 3 aromatic carbocycles. The zero-order chi connectivity index (χ0) is 20.2. The molecule has 1 aromatic heterocycles. The molecule has 0 saturated heterocycles. The monoisotopic (exact) mass is 386 g/mol. The van der Waals surface area contributed by atoms with E-state index in [9.17, 15) is 9.59 Å². The average molecular weight is 386 g/mol. The van der Waals surface area contributed by atoms with Crippen molar-refractivity contribution in [2.45, 2.75) is 6.92 Å². The van der Waals surface area contributed by atoms with Crippen molar-refractivity contribution in [1.82, 2.24) is 5.16 Å². The van der Waals surface area contributed by atoms with Crippen molar-refractivity contribution in [2.24, 2.45) is 0 Å². The van der Waals surface area contributed by atoms with Crippen LogP contribution < -0.4 is 5.32 Å². The van der Waals surface area contributed by atoms with Crippen molar-refractivity contribution in [3.63, 3.8) is 0 Å². The molecular formula is C23H18N2O4. The number of amides is 1. The summed E-state index contributed by atoms with van der Waals surface area (Å²) in [4.78, 5) is 25.0. The van der Waals surface area contributed by atoms with Crippen molar-refractivity contribution in [3.8, 4) is 11.3 Å². The summed E-state index contributed by atoms with van der Waals surface area (Å²) in [6, 6.07) is 21.5. The number of ether oxygens (including phenoxy) is 1. The molecule has 4 aromatic rings. The molecule has 0 aliphatic rings. The zero-order valence-electron chi connectivity index (χ0n) is 15.7. The maximum absolute atomic E-state index is 12.8. The Bertz CT molecular complexity index is 1180. The number of fused-ring (bicyclic) bond motifs is 1. The van der Waals surface area contributed by atoms with Gasteiger partial charge in [0.05, 0.1) is 23.2 Å². The molecule has 0 spiro atoms. The van der Waals surface area contributed by atoms with E-state index in [1.165, 1.54) is 0 Å². The van der Waals surface area contributed by atoms with E-state index in [0.29, 0.717) is 28.1 Å². The Kier molecular flexibility index (Phi) is 5.07. The summed E-state index contributed by atoms with van der Waals surface area (Å²) in [7, 11) is 0. The first-order valence-corrected chi connectivity index (χ1v) is 9.19. The minimum absolute atomic E-state index is 0.257. The first kappa shape index (κ1) is 18.4. The normalized spacial score (nSPS) is 10.7. The predicted octanol–water partition coefficient (Wildman–Crippen LogP) is 4.92. The molecule has 4 rings (SSSR count). The number of hydrogen-bond donors (Lipinski definition) is 1. The Balaban J connectivity index is 1.66. The summed E-state index contributed by atoms with van der Waals surface area (Å²) in [5.74, 6) is -0.227. The molecule has 0 unspecified atom stereocenters. The Morgan fingerprint density at radius 1 is 1.00 bits per heavy atom. The van der Waals surface area contributed by atoms with Gasteiger partial charge in [-0.1, -0.05) is 47.6 Å². The van der Waals surface area contributed by atoms with Crippen molar-refractivity contribution in [2.75, 3.05) is 11.9 Å². The summed E-state index contributed by atoms with van der Waals surface area (Å²) >= 11 is 0. The third-order valence-electron chi connectivity index (χ3n) is 4.45. The second-order valence-electron chi connectivity index (χ2n) is 6.33. The van der Waals surface area contributed by atoms with Crippen LogP contribution in [-0.4, -0.2) is 23.6 Å². The minimum atomic E-state index is -0.482. The second kappa shape index (κ2) is 7.98. The van der Waals surface area contributed by atoms with Gasteiger partial charge in [0.1, 0.15) is 5.52 Å². The smallest absolute Gasteiger partial charge is 0.340 e. The van der Waals surface area contributed by atoms with Crippen molar-refractivity contribution < 1.29 is 18.8 Å². The van der Waals surface area contributed by atoms with Crippen LogP contribution in [0.3, 0.4) is 0 Å². The largest absolute Gasteiger partial charge is 0.462 e. The number of nitrogens with zero attached hydrogens (tertiary/aromatic N) is 1. The fraction of sp³-hybridized carbons (Fsp3) is 0.0870. The van der Waals surface area contributed by atoms with E-state index in [0.717, 1.165) is 10.9 Å². The van der Waals surface area contributed by atoms with E-state index in [1.54, 1.807) is 49.4 Å². The highest BCUT2D eigenvalue weighted by atomic mass is 16.5. The van der Waals surface area contributed by atoms with Gasteiger partial charge >= 0.3 is 5.97 Å². The standard InChI is InChI=1S/C23H18N2O4/c1-2-28-23(27)17-10-6-7-11-19(17)24-22(26)16-12-13-20-18(14-16)21(29-25-20)15-8-4-3-5-9-15/h3-14H,2H2,1H3,(H,24,26). The highest BCUT2D eigenvalue weighted by Gasteiger charge is 2.17. The van der Waals surface area contributed by atoms with Gasteiger partial charge in [-0.05, 0) is 37.3 Å². The Morgan fingerprint density at radius 3 is 2.55 bits per heavy atom. The number of carbonyl (C=O) groups is 2. The summed E-state index contributed by atoms with van der Waals surface area (Å²) < 4.78 is 10.5. The number of para-hydroxylation sites is 1. The molecule has 0 saturated carbocycles. The van der Waals surface area contributed by atoms with Crippen LogP contribution in [0.25, 0.3) is 22.2 Å². The van der Waals surface area contributed by atoms with Crippen molar-refractivity contribution in [1.29, 1.82) is 0 Å². The fourth-order valence-corrected chi connectivity index (χ4v) is 3.05. The summed E-state index contributed by atoms with van der Waals surface area (Å²) in [6.07, 6.45) is 0. The van der Waals surface area contributed by atoms with E-state index in [2.05, 4.69) is 10.5 Å². The summed E-state index contributed by atoms with van der Waals surface area (Å²) in [6.45, 7) is 1.99. The van der Waals surface area contributed by atoms with Crippen LogP contribution in [0.5, 0.6) is 0 Å². The molecule has 0 aliphatic heterocycles. The van der Waals surface area contributed by atoms with Gasteiger partial charge in [0.25, 0.3) is 5.91 Å². The molecule has 0 bridgehead atoms. The van der Waals surface area contributed by atoms with E-state index in [-0.39, 0.29) is 12.5 Å². The lowest BCUT2D eigenvalue weighted by Crippen LogP contribution is -2.15. The predicted molar refractivity (Wildman–Crippen MR) is 110 cm³/mol. The average Bonchev–Trinajstić information content (AvgIpc) is 3.18. The molecule has 144 valence electrons. The van der Waals surface area contributed by atoms with Crippen molar-refractivity contribution in [3.05, 3.63) is 83.9 Å². The van der Waals surface area contributed by atoms with Crippen LogP contribution >= 0.6 is 0 Å². The molecule has 0 radical (unpaired) electrons. The van der Waals surface area contributed by atoms with Gasteiger partial charge in [-0.3, -0.25) is 4.79 Å². The maximum Gasteiger partial charge on any atom is 0.340 e. The lowest BCUT2D eigenvalue weighted by atomic mass is 10.1. The molecule has 0 fully saturated rings. The fourth-order valence-electron chi connectivity index (χ4n) is 3.05. The Morgan fingerprint density at radius 2 is 1.76 bits per heavy atom. The quantitative estimate of drug-likeness (QED) is 0.492. The van der Waals surface area contributed by atoms with Gasteiger partial charge in [-0.15, -0.1) is 0 Å². The Hall–Kier alpha value is -3.93. The Labute approximate surface area is 167 Å². The van der Waals surface area contributed by atoms with Crippen LogP contribution in [0.2, 0.25) is 0 Å². The number of hydrogen-bond acceptors (Lipinski definition) is 5. The minimum Gasteiger partial charge on any atom is -0.462 e. The molecule has 0 atom stereocenters. The van der Waals surface area contributed by atoms with Crippen LogP contribution in [0.4, 0.5) is 5.69 Å². The van der Waals surface area contributed by atoms with E-state index >= 15 is 0 Å². The first-order chi connectivity index (χ1) is 14.2. The molecule has 1 N–H and O–H groups in total. The lowest BCUT2D eigenvalue weighted by Gasteiger charge is -2.10. The molecular weight excluding hydrogens is 368 g/mol. The molecule has 6 heteroatoms. The molecule has 1 heterocycles. The molecule has 0 aliphatic carbocycles. The number of carbonyl (C=O) groups excluding carboxylic acids is 2. The van der Waals surface area contributed by atoms with E-state index in [4.69, 9.17) is 9.26 Å². The van der Waals surface area contributed by atoms with Gasteiger partial charge in [0.2, 0.25) is 0 Å². The van der Waals surface area contributed by atoms with Gasteiger partial charge in [0, 0.05) is 11.1 Å². The van der Waals surface area contributed by atoms with Gasteiger partial charge in [-0.25, -0.2) is 4.79 Å². The SMILES string of the molecule is CCOC(=O)c1ccccc1NC(=O)c1ccc2noc(-c3ccccc3)c2c1. The maximum atomic E-state index is 12.8. The first-order valence-electron chi connectivity index (χ1n) is 9.19. The number of esters is 1. The van der Waals surface area contributed by atoms with E-state index in [1.807, 2.05) is 30.3 Å². The van der Waals surface area contributed by atoms with E-state index < -0.39 is 5.97 Å². The number of benzene rings is 3. The van der Waals surface area contributed by atoms with Gasteiger partial charge in [-0.2, -0.15) is 0 Å². The second-order valence-corrected chi connectivity index (χ2v) is 6.33. The number of anilines is 1. The van der Waals surface area contributed by atoms with Crippen LogP contribution in [-0.2, 0) is 4.74 Å². The third kappa shape index (κ3) is 3.73. The van der Waals surface area contributed by atoms with Gasteiger partial charge in [0.15, 0.2) is 5.76 Å². The third-order valence-corrected chi connectivity index (χ3v) is 4.45. The lowest BCUT2D eigenvalue weighted by molar-refractivity contribution is 0.0527. The van der Waals surface area contributed by atoms with Crippen LogP contribution in [0.1, 0.15) is 27.6 Å². The number of nitrogens with one attached hydrogen (secondary N) is 1. The van der Waals surface area contributed by atoms with Gasteiger partial charge < -0.3 is 14.6 Å². The topological polar surface area (TPSA) is 81.4 Å². The zero-order valence-corrected chi connectivity index (χ0v) is 15.7. The summed E-state index contributed by atoms with van der Waals surface area (Å²) in [5, 5.41) is 7.60. The highest BCUT2D eigenvalue weighted by Crippen LogP contribution is 2.29. The van der Waals surface area contributed by atoms with Crippen molar-refractivity contribution >= 4 is 28.5 Å². The number of rotatable bonds is 5.